The number of thiophene rings is 1. The molecular weight excluding hydrogens is 380 g/mol. The lowest BCUT2D eigenvalue weighted by molar-refractivity contribution is 0.415. The summed E-state index contributed by atoms with van der Waals surface area (Å²) in [5.41, 5.74) is 2.99. The Bertz CT molecular complexity index is 1380. The Labute approximate surface area is 171 Å². The van der Waals surface area contributed by atoms with Gasteiger partial charge in [-0.2, -0.15) is 0 Å². The normalized spacial score (nSPS) is 11.2. The molecule has 0 aliphatic carbocycles. The summed E-state index contributed by atoms with van der Waals surface area (Å²) in [6.45, 7) is 0.487. The Morgan fingerprint density at radius 1 is 1.00 bits per heavy atom. The van der Waals surface area contributed by atoms with Gasteiger partial charge in [0.2, 0.25) is 0 Å². The van der Waals surface area contributed by atoms with Crippen LogP contribution in [0.25, 0.3) is 32.1 Å². The van der Waals surface area contributed by atoms with Crippen LogP contribution in [-0.2, 0) is 6.54 Å². The molecule has 5 rings (SSSR count). The topological polar surface area (TPSA) is 44.1 Å². The highest BCUT2D eigenvalue weighted by Gasteiger charge is 2.14. The van der Waals surface area contributed by atoms with Gasteiger partial charge in [0.15, 0.2) is 0 Å². The number of aromatic nitrogens is 2. The molecule has 0 saturated carbocycles. The fraction of sp³-hybridized carbons (Fsp3) is 0.0833. The van der Waals surface area contributed by atoms with Crippen LogP contribution in [0.2, 0.25) is 0 Å². The molecule has 0 radical (unpaired) electrons. The summed E-state index contributed by atoms with van der Waals surface area (Å²) in [6.07, 6.45) is 1.65. The molecule has 3 aromatic carbocycles. The van der Waals surface area contributed by atoms with Gasteiger partial charge in [-0.15, -0.1) is 11.3 Å². The summed E-state index contributed by atoms with van der Waals surface area (Å²) in [5.74, 6) is 0.791. The molecule has 4 nitrogen and oxygen atoms in total. The number of ether oxygens (including phenoxy) is 1. The minimum Gasteiger partial charge on any atom is -0.497 e. The lowest BCUT2D eigenvalue weighted by Gasteiger charge is -2.09. The molecule has 5 heteroatoms. The third kappa shape index (κ3) is 3.09. The van der Waals surface area contributed by atoms with Crippen LogP contribution >= 0.6 is 11.3 Å². The first kappa shape index (κ1) is 17.6. The second kappa shape index (κ2) is 7.18. The van der Waals surface area contributed by atoms with E-state index in [4.69, 9.17) is 4.74 Å². The number of hydrogen-bond donors (Lipinski definition) is 0. The summed E-state index contributed by atoms with van der Waals surface area (Å²) >= 11 is 1.49. The molecule has 0 bridgehead atoms. The average molecular weight is 398 g/mol. The zero-order valence-electron chi connectivity index (χ0n) is 15.8. The van der Waals surface area contributed by atoms with Crippen LogP contribution < -0.4 is 10.3 Å². The van der Waals surface area contributed by atoms with E-state index in [9.17, 15) is 4.79 Å². The molecule has 0 atom stereocenters. The smallest absolute Gasteiger partial charge is 0.263 e. The third-order valence-electron chi connectivity index (χ3n) is 5.18. The Morgan fingerprint density at radius 2 is 1.79 bits per heavy atom. The molecule has 0 aliphatic heterocycles. The van der Waals surface area contributed by atoms with Gasteiger partial charge in [-0.1, -0.05) is 54.6 Å². The van der Waals surface area contributed by atoms with Crippen molar-refractivity contribution in [2.75, 3.05) is 7.11 Å². The van der Waals surface area contributed by atoms with E-state index in [1.165, 1.54) is 16.7 Å². The van der Waals surface area contributed by atoms with Crippen molar-refractivity contribution in [1.29, 1.82) is 0 Å². The van der Waals surface area contributed by atoms with E-state index < -0.39 is 0 Å². The van der Waals surface area contributed by atoms with Gasteiger partial charge in [-0.3, -0.25) is 9.36 Å². The van der Waals surface area contributed by atoms with Crippen LogP contribution in [0, 0.1) is 0 Å². The predicted octanol–water partition coefficient (Wildman–Crippen LogP) is 5.34. The van der Waals surface area contributed by atoms with E-state index in [1.807, 2.05) is 47.8 Å². The molecule has 0 spiro atoms. The molecule has 0 amide bonds. The molecular formula is C24H18N2O2S. The zero-order valence-corrected chi connectivity index (χ0v) is 16.6. The fourth-order valence-electron chi connectivity index (χ4n) is 3.68. The number of fused-ring (bicyclic) bond motifs is 2. The quantitative estimate of drug-likeness (QED) is 0.411. The van der Waals surface area contributed by atoms with Crippen LogP contribution in [-0.4, -0.2) is 16.7 Å². The van der Waals surface area contributed by atoms with Crippen molar-refractivity contribution >= 4 is 32.3 Å². The maximum Gasteiger partial charge on any atom is 0.263 e. The first-order chi connectivity index (χ1) is 14.2. The number of nitrogens with zero attached hydrogens (tertiary/aromatic N) is 2. The number of benzene rings is 3. The summed E-state index contributed by atoms with van der Waals surface area (Å²) in [4.78, 5) is 18.7. The van der Waals surface area contributed by atoms with E-state index in [1.54, 1.807) is 18.0 Å². The second-order valence-corrected chi connectivity index (χ2v) is 7.73. The van der Waals surface area contributed by atoms with Gasteiger partial charge in [-0.25, -0.2) is 4.98 Å². The molecule has 2 aromatic heterocycles. The largest absolute Gasteiger partial charge is 0.497 e. The van der Waals surface area contributed by atoms with Crippen molar-refractivity contribution in [2.45, 2.75) is 6.54 Å². The maximum absolute atomic E-state index is 13.4. The maximum atomic E-state index is 13.4. The summed E-state index contributed by atoms with van der Waals surface area (Å²) in [5, 5.41) is 5.00. The van der Waals surface area contributed by atoms with E-state index in [0.717, 1.165) is 32.7 Å². The first-order valence-electron chi connectivity index (χ1n) is 9.32. The summed E-state index contributed by atoms with van der Waals surface area (Å²) in [6, 6.07) is 22.2. The minimum atomic E-state index is -0.0185. The van der Waals surface area contributed by atoms with Crippen LogP contribution in [0.3, 0.4) is 0 Å². The van der Waals surface area contributed by atoms with Crippen molar-refractivity contribution in [2.24, 2.45) is 0 Å². The van der Waals surface area contributed by atoms with Gasteiger partial charge in [0.05, 0.1) is 25.4 Å². The molecule has 0 N–H and O–H groups in total. The van der Waals surface area contributed by atoms with Gasteiger partial charge >= 0.3 is 0 Å². The van der Waals surface area contributed by atoms with Crippen LogP contribution in [0.4, 0.5) is 0 Å². The predicted molar refractivity (Wildman–Crippen MR) is 119 cm³/mol. The molecule has 0 saturated heterocycles. The monoisotopic (exact) mass is 398 g/mol. The van der Waals surface area contributed by atoms with Crippen molar-refractivity contribution in [3.05, 3.63) is 94.4 Å². The molecule has 0 fully saturated rings. The number of rotatable bonds is 4. The van der Waals surface area contributed by atoms with E-state index in [-0.39, 0.29) is 5.56 Å². The highest BCUT2D eigenvalue weighted by molar-refractivity contribution is 7.17. The van der Waals surface area contributed by atoms with Crippen molar-refractivity contribution in [3.63, 3.8) is 0 Å². The van der Waals surface area contributed by atoms with Crippen LogP contribution in [0.1, 0.15) is 5.56 Å². The van der Waals surface area contributed by atoms with Crippen LogP contribution in [0.5, 0.6) is 5.75 Å². The number of methoxy groups -OCH3 is 1. The highest BCUT2D eigenvalue weighted by Crippen LogP contribution is 2.31. The van der Waals surface area contributed by atoms with E-state index in [2.05, 4.69) is 29.2 Å². The average Bonchev–Trinajstić information content (AvgIpc) is 3.21. The zero-order chi connectivity index (χ0) is 19.8. The van der Waals surface area contributed by atoms with E-state index in [0.29, 0.717) is 11.9 Å². The Kier molecular flexibility index (Phi) is 4.37. The molecule has 5 aromatic rings. The molecule has 0 aliphatic rings. The van der Waals surface area contributed by atoms with Gasteiger partial charge in [-0.05, 0) is 34.0 Å². The number of hydrogen-bond acceptors (Lipinski definition) is 4. The Morgan fingerprint density at radius 3 is 2.62 bits per heavy atom. The SMILES string of the molecule is COc1ccc(-c2csc3ncn(Cc4cccc5ccccc45)c(=O)c23)cc1. The standard InChI is InChI=1S/C24H18N2O2S/c1-28-19-11-9-17(10-12-19)21-14-29-23-22(21)24(27)26(15-25-23)13-18-7-4-6-16-5-2-3-8-20(16)18/h2-12,14-15H,13H2,1H3. The molecule has 142 valence electrons. The van der Waals surface area contributed by atoms with Crippen molar-refractivity contribution < 1.29 is 4.74 Å². The van der Waals surface area contributed by atoms with Gasteiger partial charge in [0.1, 0.15) is 10.6 Å². The van der Waals surface area contributed by atoms with Gasteiger partial charge in [0.25, 0.3) is 5.56 Å². The Hall–Kier alpha value is -3.44. The molecule has 0 unspecified atom stereocenters. The molecule has 29 heavy (non-hydrogen) atoms. The summed E-state index contributed by atoms with van der Waals surface area (Å²) in [7, 11) is 1.64. The van der Waals surface area contributed by atoms with Crippen molar-refractivity contribution in [3.8, 4) is 16.9 Å². The van der Waals surface area contributed by atoms with Crippen molar-refractivity contribution in [1.82, 2.24) is 9.55 Å². The summed E-state index contributed by atoms with van der Waals surface area (Å²) < 4.78 is 6.94. The first-order valence-corrected chi connectivity index (χ1v) is 10.2. The lowest BCUT2D eigenvalue weighted by atomic mass is 10.0. The highest BCUT2D eigenvalue weighted by atomic mass is 32.1. The third-order valence-corrected chi connectivity index (χ3v) is 6.07. The second-order valence-electron chi connectivity index (χ2n) is 6.87. The van der Waals surface area contributed by atoms with Gasteiger partial charge < -0.3 is 4.74 Å². The lowest BCUT2D eigenvalue weighted by Crippen LogP contribution is -2.21. The van der Waals surface area contributed by atoms with Crippen LogP contribution in [0.15, 0.2) is 83.2 Å². The minimum absolute atomic E-state index is 0.0185. The van der Waals surface area contributed by atoms with E-state index >= 15 is 0 Å². The Balaban J connectivity index is 1.62. The fourth-order valence-corrected chi connectivity index (χ4v) is 4.58. The molecule has 2 heterocycles. The van der Waals surface area contributed by atoms with Gasteiger partial charge in [0, 0.05) is 10.9 Å².